The van der Waals surface area contributed by atoms with Crippen molar-refractivity contribution in [2.24, 2.45) is 0 Å². The van der Waals surface area contributed by atoms with Crippen LogP contribution >= 0.6 is 11.6 Å². The van der Waals surface area contributed by atoms with E-state index in [4.69, 9.17) is 11.6 Å². The van der Waals surface area contributed by atoms with Crippen LogP contribution in [0.15, 0.2) is 29.2 Å². The third-order valence-electron chi connectivity index (χ3n) is 3.44. The van der Waals surface area contributed by atoms with Crippen LogP contribution in [0.4, 0.5) is 0 Å². The van der Waals surface area contributed by atoms with E-state index in [-0.39, 0.29) is 11.3 Å². The number of nitrogens with one attached hydrogen (secondary N) is 1. The largest absolute Gasteiger partial charge is 0.313 e. The normalized spacial score (nSPS) is 24.3. The van der Waals surface area contributed by atoms with E-state index in [1.807, 2.05) is 6.92 Å². The molecule has 2 rings (SSSR count). The van der Waals surface area contributed by atoms with Gasteiger partial charge in [-0.25, -0.2) is 8.42 Å². The Morgan fingerprint density at radius 2 is 2.17 bits per heavy atom. The molecule has 3 nitrogen and oxygen atoms in total. The van der Waals surface area contributed by atoms with Crippen LogP contribution in [0.5, 0.6) is 0 Å². The first-order valence-electron chi connectivity index (χ1n) is 6.28. The van der Waals surface area contributed by atoms with Crippen LogP contribution in [0, 0.1) is 0 Å². The van der Waals surface area contributed by atoms with E-state index < -0.39 is 9.84 Å². The molecule has 1 aromatic rings. The van der Waals surface area contributed by atoms with Gasteiger partial charge in [0.2, 0.25) is 0 Å². The Kier molecular flexibility index (Phi) is 4.30. The number of benzene rings is 1. The predicted molar refractivity (Wildman–Crippen MR) is 73.7 cm³/mol. The topological polar surface area (TPSA) is 46.2 Å². The molecule has 1 saturated carbocycles. The monoisotopic (exact) mass is 287 g/mol. The minimum absolute atomic E-state index is 0.0685. The highest BCUT2D eigenvalue weighted by Crippen LogP contribution is 2.30. The zero-order valence-electron chi connectivity index (χ0n) is 10.4. The summed E-state index contributed by atoms with van der Waals surface area (Å²) >= 11 is 5.88. The van der Waals surface area contributed by atoms with Gasteiger partial charge in [-0.1, -0.05) is 31.0 Å². The highest BCUT2D eigenvalue weighted by molar-refractivity contribution is 7.92. The van der Waals surface area contributed by atoms with Crippen LogP contribution in [-0.2, 0) is 9.84 Å². The summed E-state index contributed by atoms with van der Waals surface area (Å²) in [6.45, 7) is 2.80. The molecular formula is C13H18ClNO2S. The molecule has 0 aromatic heterocycles. The molecule has 0 radical (unpaired) electrons. The molecule has 5 heteroatoms. The second-order valence-corrected chi connectivity index (χ2v) is 7.24. The Hall–Kier alpha value is -0.580. The first-order chi connectivity index (χ1) is 8.55. The quantitative estimate of drug-likeness (QED) is 0.926. The number of rotatable bonds is 4. The van der Waals surface area contributed by atoms with Crippen molar-refractivity contribution in [3.8, 4) is 0 Å². The second-order valence-electron chi connectivity index (χ2n) is 4.64. The average Bonchev–Trinajstić information content (AvgIpc) is 2.78. The van der Waals surface area contributed by atoms with E-state index in [1.165, 1.54) is 6.07 Å². The lowest BCUT2D eigenvalue weighted by Crippen LogP contribution is -2.40. The highest BCUT2D eigenvalue weighted by Gasteiger charge is 2.37. The van der Waals surface area contributed by atoms with Crippen molar-refractivity contribution < 1.29 is 8.42 Å². The minimum Gasteiger partial charge on any atom is -0.313 e. The second kappa shape index (κ2) is 5.59. The van der Waals surface area contributed by atoms with Gasteiger partial charge in [-0.05, 0) is 37.6 Å². The Bertz CT molecular complexity index is 515. The molecule has 2 unspecified atom stereocenters. The van der Waals surface area contributed by atoms with Crippen molar-refractivity contribution in [1.29, 1.82) is 0 Å². The van der Waals surface area contributed by atoms with E-state index >= 15 is 0 Å². The summed E-state index contributed by atoms with van der Waals surface area (Å²) in [4.78, 5) is 0.338. The van der Waals surface area contributed by atoms with Crippen molar-refractivity contribution in [2.45, 2.75) is 42.4 Å². The first-order valence-corrected chi connectivity index (χ1v) is 8.21. The van der Waals surface area contributed by atoms with Gasteiger partial charge in [-0.3, -0.25) is 0 Å². The standard InChI is InChI=1S/C13H18ClNO2S/c1-2-15-12-7-4-8-13(12)18(16,17)11-6-3-5-10(14)9-11/h3,5-6,9,12-13,15H,2,4,7-8H2,1H3. The molecule has 0 bridgehead atoms. The smallest absolute Gasteiger partial charge is 0.182 e. The lowest BCUT2D eigenvalue weighted by Gasteiger charge is -2.20. The van der Waals surface area contributed by atoms with E-state index in [2.05, 4.69) is 5.32 Å². The number of hydrogen-bond donors (Lipinski definition) is 1. The summed E-state index contributed by atoms with van der Waals surface area (Å²) in [7, 11) is -3.28. The lowest BCUT2D eigenvalue weighted by atomic mass is 10.2. The molecule has 100 valence electrons. The first kappa shape index (κ1) is 13.8. The summed E-state index contributed by atoms with van der Waals surface area (Å²) in [5.41, 5.74) is 0. The highest BCUT2D eigenvalue weighted by atomic mass is 35.5. The maximum absolute atomic E-state index is 12.6. The fourth-order valence-electron chi connectivity index (χ4n) is 2.61. The molecule has 0 heterocycles. The molecule has 0 amide bonds. The van der Waals surface area contributed by atoms with Gasteiger partial charge >= 0.3 is 0 Å². The van der Waals surface area contributed by atoms with Gasteiger partial charge in [0.15, 0.2) is 9.84 Å². The number of halogens is 1. The van der Waals surface area contributed by atoms with Gasteiger partial charge in [0.05, 0.1) is 10.1 Å². The summed E-state index contributed by atoms with van der Waals surface area (Å²) < 4.78 is 25.1. The fourth-order valence-corrected chi connectivity index (χ4v) is 4.92. The van der Waals surface area contributed by atoms with E-state index in [0.29, 0.717) is 9.92 Å². The third kappa shape index (κ3) is 2.71. The SMILES string of the molecule is CCNC1CCCC1S(=O)(=O)c1cccc(Cl)c1. The van der Waals surface area contributed by atoms with Gasteiger partial charge < -0.3 is 5.32 Å². The van der Waals surface area contributed by atoms with Crippen LogP contribution in [0.1, 0.15) is 26.2 Å². The van der Waals surface area contributed by atoms with E-state index in [1.54, 1.807) is 18.2 Å². The van der Waals surface area contributed by atoms with E-state index in [9.17, 15) is 8.42 Å². The Morgan fingerprint density at radius 3 is 2.83 bits per heavy atom. The molecule has 1 N–H and O–H groups in total. The lowest BCUT2D eigenvalue weighted by molar-refractivity contribution is 0.517. The Morgan fingerprint density at radius 1 is 1.39 bits per heavy atom. The molecule has 18 heavy (non-hydrogen) atoms. The van der Waals surface area contributed by atoms with Crippen molar-refractivity contribution in [3.63, 3.8) is 0 Å². The Labute approximate surface area is 113 Å². The summed E-state index contributed by atoms with van der Waals surface area (Å²) in [5, 5.41) is 3.42. The maximum atomic E-state index is 12.6. The van der Waals surface area contributed by atoms with Crippen LogP contribution in [0.2, 0.25) is 5.02 Å². The van der Waals surface area contributed by atoms with Gasteiger partial charge in [-0.15, -0.1) is 0 Å². The molecule has 0 saturated heterocycles. The van der Waals surface area contributed by atoms with E-state index in [0.717, 1.165) is 25.8 Å². The fraction of sp³-hybridized carbons (Fsp3) is 0.538. The van der Waals surface area contributed by atoms with Gasteiger partial charge in [0.1, 0.15) is 0 Å². The number of sulfone groups is 1. The van der Waals surface area contributed by atoms with Crippen molar-refractivity contribution in [2.75, 3.05) is 6.54 Å². The molecule has 1 aromatic carbocycles. The van der Waals surface area contributed by atoms with Crippen molar-refractivity contribution in [3.05, 3.63) is 29.3 Å². The summed E-state index contributed by atoms with van der Waals surface area (Å²) in [6.07, 6.45) is 2.62. The van der Waals surface area contributed by atoms with Crippen LogP contribution < -0.4 is 5.32 Å². The molecule has 1 fully saturated rings. The molecule has 0 aliphatic heterocycles. The van der Waals surface area contributed by atoms with Crippen molar-refractivity contribution in [1.82, 2.24) is 5.32 Å². The zero-order chi connectivity index (χ0) is 13.2. The molecular weight excluding hydrogens is 270 g/mol. The zero-order valence-corrected chi connectivity index (χ0v) is 12.0. The molecule has 2 atom stereocenters. The van der Waals surface area contributed by atoms with Crippen LogP contribution in [0.3, 0.4) is 0 Å². The van der Waals surface area contributed by atoms with Crippen molar-refractivity contribution >= 4 is 21.4 Å². The molecule has 1 aliphatic rings. The maximum Gasteiger partial charge on any atom is 0.182 e. The van der Waals surface area contributed by atoms with Crippen LogP contribution in [0.25, 0.3) is 0 Å². The van der Waals surface area contributed by atoms with Gasteiger partial charge in [0, 0.05) is 11.1 Å². The van der Waals surface area contributed by atoms with Gasteiger partial charge in [-0.2, -0.15) is 0 Å². The van der Waals surface area contributed by atoms with Gasteiger partial charge in [0.25, 0.3) is 0 Å². The summed E-state index contributed by atoms with van der Waals surface area (Å²) in [6, 6.07) is 6.61. The minimum atomic E-state index is -3.28. The Balaban J connectivity index is 2.30. The summed E-state index contributed by atoms with van der Waals surface area (Å²) in [5.74, 6) is 0. The average molecular weight is 288 g/mol. The van der Waals surface area contributed by atoms with Crippen LogP contribution in [-0.4, -0.2) is 26.3 Å². The molecule has 1 aliphatic carbocycles. The molecule has 0 spiro atoms. The number of hydrogen-bond acceptors (Lipinski definition) is 3. The third-order valence-corrected chi connectivity index (χ3v) is 5.95. The predicted octanol–water partition coefficient (Wildman–Crippen LogP) is 2.64.